The summed E-state index contributed by atoms with van der Waals surface area (Å²) in [6.45, 7) is 0.608. The van der Waals surface area contributed by atoms with Gasteiger partial charge in [0.25, 0.3) is 0 Å². The van der Waals surface area contributed by atoms with E-state index in [1.54, 1.807) is 0 Å². The highest BCUT2D eigenvalue weighted by Crippen LogP contribution is 2.56. The molecule has 1 aliphatic rings. The number of benzene rings is 2. The van der Waals surface area contributed by atoms with Crippen LogP contribution in [-0.4, -0.2) is 16.3 Å². The highest BCUT2D eigenvalue weighted by atomic mass is 31.2. The quantitative estimate of drug-likeness (QED) is 0.834. The van der Waals surface area contributed by atoms with E-state index in [0.29, 0.717) is 6.54 Å². The van der Waals surface area contributed by atoms with Gasteiger partial charge in [-0.15, -0.1) is 0 Å². The summed E-state index contributed by atoms with van der Waals surface area (Å²) in [5, 5.41) is 0. The van der Waals surface area contributed by atoms with Crippen molar-refractivity contribution in [3.05, 3.63) is 65.7 Å². The van der Waals surface area contributed by atoms with Crippen LogP contribution in [-0.2, 0) is 11.0 Å². The molecule has 0 saturated carbocycles. The number of fused-ring (bicyclic) bond motifs is 1. The Hall–Kier alpha value is -1.61. The average Bonchev–Trinajstić information content (AvgIpc) is 2.46. The van der Waals surface area contributed by atoms with E-state index in [9.17, 15) is 14.4 Å². The van der Waals surface area contributed by atoms with Crippen molar-refractivity contribution in [1.29, 1.82) is 0 Å². The van der Waals surface area contributed by atoms with E-state index in [1.807, 2.05) is 59.5 Å². The molecule has 2 N–H and O–H groups in total. The highest BCUT2D eigenvalue weighted by molar-refractivity contribution is 7.52. The molecular weight excluding hydrogens is 273 g/mol. The molecule has 1 atom stereocenters. The molecule has 2 aromatic rings. The van der Waals surface area contributed by atoms with Gasteiger partial charge in [-0.25, -0.2) is 0 Å². The maximum absolute atomic E-state index is 12.0. The zero-order valence-corrected chi connectivity index (χ0v) is 11.8. The van der Waals surface area contributed by atoms with Crippen LogP contribution in [0.4, 0.5) is 5.69 Å². The molecule has 1 aliphatic heterocycles. The first kappa shape index (κ1) is 13.4. The second kappa shape index (κ2) is 5.06. The second-order valence-electron chi connectivity index (χ2n) is 4.94. The summed E-state index contributed by atoms with van der Waals surface area (Å²) in [5.41, 5.74) is 2.60. The molecule has 0 bridgehead atoms. The van der Waals surface area contributed by atoms with E-state index in [4.69, 9.17) is 0 Å². The zero-order valence-electron chi connectivity index (χ0n) is 10.9. The Kier molecular flexibility index (Phi) is 3.38. The fourth-order valence-electron chi connectivity index (χ4n) is 2.80. The summed E-state index contributed by atoms with van der Waals surface area (Å²) in [7, 11) is -4.27. The Bertz CT molecular complexity index is 653. The molecule has 104 valence electrons. The number of hydrogen-bond acceptors (Lipinski definition) is 2. The van der Waals surface area contributed by atoms with Crippen LogP contribution in [0.5, 0.6) is 0 Å². The van der Waals surface area contributed by atoms with Crippen LogP contribution in [0.3, 0.4) is 0 Å². The topological polar surface area (TPSA) is 60.8 Å². The van der Waals surface area contributed by atoms with Gasteiger partial charge in [0.2, 0.25) is 0 Å². The van der Waals surface area contributed by atoms with Crippen LogP contribution < -0.4 is 4.90 Å². The maximum atomic E-state index is 12.0. The lowest BCUT2D eigenvalue weighted by Crippen LogP contribution is -2.35. The molecular formula is C15H16NO3P. The summed E-state index contributed by atoms with van der Waals surface area (Å²) in [5.74, 6) is -0.894. The third kappa shape index (κ3) is 2.38. The second-order valence-corrected chi connectivity index (χ2v) is 6.61. The molecule has 0 saturated heterocycles. The SMILES string of the molecule is O=P(O)(O)C1c2ccccc2CCN1c1ccccc1. The van der Waals surface area contributed by atoms with Crippen molar-refractivity contribution in [2.75, 3.05) is 11.4 Å². The number of hydrogen-bond donors (Lipinski definition) is 2. The molecule has 0 amide bonds. The van der Waals surface area contributed by atoms with Gasteiger partial charge in [0, 0.05) is 12.2 Å². The van der Waals surface area contributed by atoms with Crippen molar-refractivity contribution >= 4 is 13.3 Å². The lowest BCUT2D eigenvalue weighted by atomic mass is 9.99. The van der Waals surface area contributed by atoms with E-state index in [1.165, 1.54) is 0 Å². The minimum Gasteiger partial charge on any atom is -0.353 e. The summed E-state index contributed by atoms with van der Waals surface area (Å²) >= 11 is 0. The van der Waals surface area contributed by atoms with Gasteiger partial charge in [0.15, 0.2) is 5.78 Å². The van der Waals surface area contributed by atoms with Gasteiger partial charge >= 0.3 is 7.60 Å². The maximum Gasteiger partial charge on any atom is 0.352 e. The van der Waals surface area contributed by atoms with Crippen molar-refractivity contribution in [2.24, 2.45) is 0 Å². The Balaban J connectivity index is 2.11. The van der Waals surface area contributed by atoms with Gasteiger partial charge in [-0.05, 0) is 29.7 Å². The van der Waals surface area contributed by atoms with Gasteiger partial charge in [-0.3, -0.25) is 4.57 Å². The minimum atomic E-state index is -4.27. The van der Waals surface area contributed by atoms with Crippen molar-refractivity contribution in [3.8, 4) is 0 Å². The fraction of sp³-hybridized carbons (Fsp3) is 0.200. The lowest BCUT2D eigenvalue weighted by Gasteiger charge is -2.38. The van der Waals surface area contributed by atoms with Crippen LogP contribution in [0.25, 0.3) is 0 Å². The summed E-state index contributed by atoms with van der Waals surface area (Å²) in [6.07, 6.45) is 0.793. The van der Waals surface area contributed by atoms with Crippen molar-refractivity contribution in [1.82, 2.24) is 0 Å². The molecule has 3 rings (SSSR count). The Labute approximate surface area is 117 Å². The number of anilines is 1. The molecule has 1 heterocycles. The molecule has 5 heteroatoms. The van der Waals surface area contributed by atoms with Gasteiger partial charge < -0.3 is 14.7 Å². The van der Waals surface area contributed by atoms with Crippen LogP contribution in [0.1, 0.15) is 16.9 Å². The predicted molar refractivity (Wildman–Crippen MR) is 78.7 cm³/mol. The van der Waals surface area contributed by atoms with Gasteiger partial charge in [-0.2, -0.15) is 0 Å². The molecule has 0 aromatic heterocycles. The molecule has 0 fully saturated rings. The largest absolute Gasteiger partial charge is 0.353 e. The van der Waals surface area contributed by atoms with Crippen molar-refractivity contribution < 1.29 is 14.4 Å². The monoisotopic (exact) mass is 289 g/mol. The van der Waals surface area contributed by atoms with Crippen LogP contribution in [0, 0.1) is 0 Å². The zero-order chi connectivity index (χ0) is 14.2. The predicted octanol–water partition coefficient (Wildman–Crippen LogP) is 2.93. The van der Waals surface area contributed by atoms with E-state index in [-0.39, 0.29) is 0 Å². The van der Waals surface area contributed by atoms with E-state index in [0.717, 1.165) is 23.2 Å². The molecule has 0 spiro atoms. The van der Waals surface area contributed by atoms with Crippen LogP contribution >= 0.6 is 7.60 Å². The smallest absolute Gasteiger partial charge is 0.352 e. The summed E-state index contributed by atoms with van der Waals surface area (Å²) in [6, 6.07) is 16.9. The van der Waals surface area contributed by atoms with Gasteiger partial charge in [-0.1, -0.05) is 42.5 Å². The summed E-state index contributed by atoms with van der Waals surface area (Å²) < 4.78 is 12.0. The molecule has 1 unspecified atom stereocenters. The standard InChI is InChI=1S/C15H16NO3P/c17-20(18,19)15-14-9-5-4-6-12(14)10-11-16(15)13-7-2-1-3-8-13/h1-9,15H,10-11H2,(H2,17,18,19). The van der Waals surface area contributed by atoms with Crippen molar-refractivity contribution in [2.45, 2.75) is 12.2 Å². The highest BCUT2D eigenvalue weighted by Gasteiger charge is 2.39. The molecule has 0 radical (unpaired) electrons. The molecule has 20 heavy (non-hydrogen) atoms. The average molecular weight is 289 g/mol. The number of rotatable bonds is 2. The first-order chi connectivity index (χ1) is 9.57. The Morgan fingerprint density at radius 1 is 1.00 bits per heavy atom. The fourth-order valence-corrected chi connectivity index (χ4v) is 4.02. The molecule has 2 aromatic carbocycles. The molecule has 0 aliphatic carbocycles. The Morgan fingerprint density at radius 3 is 2.35 bits per heavy atom. The van der Waals surface area contributed by atoms with E-state index >= 15 is 0 Å². The first-order valence-corrected chi connectivity index (χ1v) is 8.20. The van der Waals surface area contributed by atoms with Gasteiger partial charge in [0.1, 0.15) is 0 Å². The molecule has 4 nitrogen and oxygen atoms in total. The number of nitrogens with zero attached hydrogens (tertiary/aromatic N) is 1. The lowest BCUT2D eigenvalue weighted by molar-refractivity contribution is 0.354. The van der Waals surface area contributed by atoms with Crippen LogP contribution in [0.15, 0.2) is 54.6 Å². The van der Waals surface area contributed by atoms with Gasteiger partial charge in [0.05, 0.1) is 0 Å². The normalized spacial score (nSPS) is 18.7. The van der Waals surface area contributed by atoms with Crippen LogP contribution in [0.2, 0.25) is 0 Å². The Morgan fingerprint density at radius 2 is 1.65 bits per heavy atom. The summed E-state index contributed by atoms with van der Waals surface area (Å²) in [4.78, 5) is 21.4. The minimum absolute atomic E-state index is 0.608. The third-order valence-electron chi connectivity index (χ3n) is 3.66. The van der Waals surface area contributed by atoms with E-state index < -0.39 is 13.4 Å². The van der Waals surface area contributed by atoms with E-state index in [2.05, 4.69) is 0 Å². The first-order valence-electron chi connectivity index (χ1n) is 6.52. The number of para-hydroxylation sites is 1. The van der Waals surface area contributed by atoms with Crippen molar-refractivity contribution in [3.63, 3.8) is 0 Å². The third-order valence-corrected chi connectivity index (χ3v) is 4.85.